The van der Waals surface area contributed by atoms with E-state index in [4.69, 9.17) is 9.47 Å². The Morgan fingerprint density at radius 1 is 1.56 bits per heavy atom. The average molecular weight is 130 g/mol. The highest BCUT2D eigenvalue weighted by Gasteiger charge is 2.20. The van der Waals surface area contributed by atoms with Crippen LogP contribution in [0.15, 0.2) is 0 Å². The zero-order chi connectivity index (χ0) is 6.69. The Hall–Kier alpha value is -0.0800. The SMILES string of the molecule is CCOC1CCC(C)O1. The number of rotatable bonds is 2. The van der Waals surface area contributed by atoms with Crippen molar-refractivity contribution in [1.82, 2.24) is 0 Å². The Balaban J connectivity index is 2.14. The zero-order valence-corrected chi connectivity index (χ0v) is 6.09. The third-order valence-corrected chi connectivity index (χ3v) is 1.55. The number of ether oxygens (including phenoxy) is 2. The quantitative estimate of drug-likeness (QED) is 0.564. The van der Waals surface area contributed by atoms with Crippen LogP contribution < -0.4 is 0 Å². The summed E-state index contributed by atoms with van der Waals surface area (Å²) < 4.78 is 10.6. The van der Waals surface area contributed by atoms with Crippen LogP contribution in [-0.2, 0) is 9.47 Å². The van der Waals surface area contributed by atoms with Gasteiger partial charge in [0, 0.05) is 13.0 Å². The molecule has 0 radical (unpaired) electrons. The van der Waals surface area contributed by atoms with Gasteiger partial charge in [0.05, 0.1) is 6.10 Å². The van der Waals surface area contributed by atoms with E-state index in [1.54, 1.807) is 0 Å². The zero-order valence-electron chi connectivity index (χ0n) is 6.09. The second-order valence-corrected chi connectivity index (χ2v) is 2.41. The smallest absolute Gasteiger partial charge is 0.158 e. The van der Waals surface area contributed by atoms with Crippen LogP contribution >= 0.6 is 0 Å². The molecule has 1 aliphatic rings. The molecule has 9 heavy (non-hydrogen) atoms. The molecule has 2 unspecified atom stereocenters. The fourth-order valence-corrected chi connectivity index (χ4v) is 1.07. The molecular formula is C7H14O2. The lowest BCUT2D eigenvalue weighted by atomic mass is 10.3. The van der Waals surface area contributed by atoms with Crippen LogP contribution in [0.2, 0.25) is 0 Å². The molecule has 1 heterocycles. The van der Waals surface area contributed by atoms with Crippen LogP contribution in [0.1, 0.15) is 26.7 Å². The fraction of sp³-hybridized carbons (Fsp3) is 1.00. The first-order chi connectivity index (χ1) is 4.33. The lowest BCUT2D eigenvalue weighted by Gasteiger charge is -2.09. The van der Waals surface area contributed by atoms with Gasteiger partial charge in [-0.25, -0.2) is 0 Å². The van der Waals surface area contributed by atoms with Gasteiger partial charge in [-0.1, -0.05) is 0 Å². The normalized spacial score (nSPS) is 35.3. The Morgan fingerprint density at radius 2 is 2.33 bits per heavy atom. The maximum Gasteiger partial charge on any atom is 0.158 e. The molecule has 0 aromatic heterocycles. The summed E-state index contributed by atoms with van der Waals surface area (Å²) in [5, 5.41) is 0. The van der Waals surface area contributed by atoms with E-state index in [0.29, 0.717) is 6.10 Å². The summed E-state index contributed by atoms with van der Waals surface area (Å²) in [5.41, 5.74) is 0. The van der Waals surface area contributed by atoms with E-state index in [0.717, 1.165) is 19.4 Å². The van der Waals surface area contributed by atoms with Crippen molar-refractivity contribution in [2.75, 3.05) is 6.61 Å². The van der Waals surface area contributed by atoms with Gasteiger partial charge in [0.15, 0.2) is 6.29 Å². The molecule has 2 nitrogen and oxygen atoms in total. The molecule has 0 saturated carbocycles. The van der Waals surface area contributed by atoms with Crippen molar-refractivity contribution in [2.24, 2.45) is 0 Å². The highest BCUT2D eigenvalue weighted by Crippen LogP contribution is 2.19. The molecule has 1 rings (SSSR count). The monoisotopic (exact) mass is 130 g/mol. The molecule has 0 bridgehead atoms. The topological polar surface area (TPSA) is 18.5 Å². The maximum atomic E-state index is 5.38. The minimum absolute atomic E-state index is 0.0880. The first-order valence-electron chi connectivity index (χ1n) is 3.60. The summed E-state index contributed by atoms with van der Waals surface area (Å²) in [6.45, 7) is 4.84. The summed E-state index contributed by atoms with van der Waals surface area (Å²) >= 11 is 0. The van der Waals surface area contributed by atoms with Crippen LogP contribution in [0, 0.1) is 0 Å². The van der Waals surface area contributed by atoms with Crippen LogP contribution in [0.5, 0.6) is 0 Å². The van der Waals surface area contributed by atoms with E-state index in [1.807, 2.05) is 6.92 Å². The first kappa shape index (κ1) is 7.03. The van der Waals surface area contributed by atoms with Crippen molar-refractivity contribution in [1.29, 1.82) is 0 Å². The minimum atomic E-state index is 0.0880. The average Bonchev–Trinajstić information content (AvgIpc) is 2.17. The summed E-state index contributed by atoms with van der Waals surface area (Å²) in [6.07, 6.45) is 2.70. The van der Waals surface area contributed by atoms with Crippen LogP contribution in [0.3, 0.4) is 0 Å². The molecule has 0 aromatic rings. The molecule has 0 aliphatic carbocycles. The molecular weight excluding hydrogens is 116 g/mol. The molecule has 1 fully saturated rings. The van der Waals surface area contributed by atoms with Crippen molar-refractivity contribution >= 4 is 0 Å². The van der Waals surface area contributed by atoms with Gasteiger partial charge < -0.3 is 9.47 Å². The standard InChI is InChI=1S/C7H14O2/c1-3-8-7-5-4-6(2)9-7/h6-7H,3-5H2,1-2H3. The second kappa shape index (κ2) is 3.18. The van der Waals surface area contributed by atoms with Gasteiger partial charge in [-0.3, -0.25) is 0 Å². The van der Waals surface area contributed by atoms with E-state index in [9.17, 15) is 0 Å². The summed E-state index contributed by atoms with van der Waals surface area (Å²) in [6, 6.07) is 0. The van der Waals surface area contributed by atoms with Crippen molar-refractivity contribution < 1.29 is 9.47 Å². The van der Waals surface area contributed by atoms with Crippen LogP contribution in [0.4, 0.5) is 0 Å². The predicted octanol–water partition coefficient (Wildman–Crippen LogP) is 1.55. The highest BCUT2D eigenvalue weighted by atomic mass is 16.7. The van der Waals surface area contributed by atoms with Gasteiger partial charge >= 0.3 is 0 Å². The van der Waals surface area contributed by atoms with Crippen molar-refractivity contribution in [3.05, 3.63) is 0 Å². The third-order valence-electron chi connectivity index (χ3n) is 1.55. The highest BCUT2D eigenvalue weighted by molar-refractivity contribution is 4.62. The number of hydrogen-bond acceptors (Lipinski definition) is 2. The second-order valence-electron chi connectivity index (χ2n) is 2.41. The lowest BCUT2D eigenvalue weighted by Crippen LogP contribution is -2.11. The predicted molar refractivity (Wildman–Crippen MR) is 35.2 cm³/mol. The molecule has 54 valence electrons. The fourth-order valence-electron chi connectivity index (χ4n) is 1.07. The van der Waals surface area contributed by atoms with E-state index >= 15 is 0 Å². The van der Waals surface area contributed by atoms with E-state index in [2.05, 4.69) is 6.92 Å². The van der Waals surface area contributed by atoms with E-state index in [-0.39, 0.29) is 6.29 Å². The van der Waals surface area contributed by atoms with Crippen molar-refractivity contribution in [3.63, 3.8) is 0 Å². The van der Waals surface area contributed by atoms with Gasteiger partial charge in [-0.15, -0.1) is 0 Å². The number of hydrogen-bond donors (Lipinski definition) is 0. The Kier molecular flexibility index (Phi) is 2.49. The molecule has 1 aliphatic heterocycles. The molecule has 0 amide bonds. The molecule has 2 atom stereocenters. The van der Waals surface area contributed by atoms with Crippen LogP contribution in [0.25, 0.3) is 0 Å². The molecule has 0 spiro atoms. The molecule has 1 saturated heterocycles. The van der Waals surface area contributed by atoms with Crippen LogP contribution in [-0.4, -0.2) is 19.0 Å². The largest absolute Gasteiger partial charge is 0.353 e. The van der Waals surface area contributed by atoms with Gasteiger partial charge in [0.1, 0.15) is 0 Å². The summed E-state index contributed by atoms with van der Waals surface area (Å²) in [4.78, 5) is 0. The minimum Gasteiger partial charge on any atom is -0.353 e. The first-order valence-corrected chi connectivity index (χ1v) is 3.60. The molecule has 0 N–H and O–H groups in total. The van der Waals surface area contributed by atoms with Gasteiger partial charge in [-0.05, 0) is 20.3 Å². The van der Waals surface area contributed by atoms with Gasteiger partial charge in [-0.2, -0.15) is 0 Å². The molecule has 2 heteroatoms. The Morgan fingerprint density at radius 3 is 2.78 bits per heavy atom. The Bertz CT molecular complexity index is 81.0. The van der Waals surface area contributed by atoms with E-state index in [1.165, 1.54) is 0 Å². The van der Waals surface area contributed by atoms with Crippen molar-refractivity contribution in [2.45, 2.75) is 39.1 Å². The maximum absolute atomic E-state index is 5.38. The Labute approximate surface area is 56.2 Å². The van der Waals surface area contributed by atoms with E-state index < -0.39 is 0 Å². The summed E-state index contributed by atoms with van der Waals surface area (Å²) in [5.74, 6) is 0. The van der Waals surface area contributed by atoms with Crippen molar-refractivity contribution in [3.8, 4) is 0 Å². The molecule has 0 aromatic carbocycles. The summed E-state index contributed by atoms with van der Waals surface area (Å²) in [7, 11) is 0. The lowest BCUT2D eigenvalue weighted by molar-refractivity contribution is -0.126. The van der Waals surface area contributed by atoms with Gasteiger partial charge in [0.2, 0.25) is 0 Å². The third kappa shape index (κ3) is 1.95. The van der Waals surface area contributed by atoms with Gasteiger partial charge in [0.25, 0.3) is 0 Å².